The highest BCUT2D eigenvalue weighted by molar-refractivity contribution is 7.86. The standard InChI is InChI=1S/C8H5F3O4S/c1-3-2-4(16(11,14)15)7(10)5(6(3)9)8(12)13/h2H,1H3,(H,12,13). The van der Waals surface area contributed by atoms with Crippen molar-refractivity contribution in [1.29, 1.82) is 0 Å². The molecule has 0 aliphatic carbocycles. The highest BCUT2D eigenvalue weighted by Gasteiger charge is 2.28. The van der Waals surface area contributed by atoms with E-state index in [1.54, 1.807) is 0 Å². The molecule has 1 aromatic rings. The van der Waals surface area contributed by atoms with Crippen molar-refractivity contribution in [3.63, 3.8) is 0 Å². The molecule has 0 unspecified atom stereocenters. The minimum absolute atomic E-state index is 0.395. The first-order chi connectivity index (χ1) is 7.16. The summed E-state index contributed by atoms with van der Waals surface area (Å²) in [4.78, 5) is 8.99. The van der Waals surface area contributed by atoms with Gasteiger partial charge in [-0.25, -0.2) is 13.6 Å². The van der Waals surface area contributed by atoms with Crippen LogP contribution >= 0.6 is 0 Å². The van der Waals surface area contributed by atoms with Gasteiger partial charge in [-0.3, -0.25) is 0 Å². The number of benzene rings is 1. The van der Waals surface area contributed by atoms with Gasteiger partial charge in [0.25, 0.3) is 0 Å². The maximum Gasteiger partial charge on any atom is 0.341 e. The Kier molecular flexibility index (Phi) is 2.95. The molecule has 1 N–H and O–H groups in total. The van der Waals surface area contributed by atoms with Crippen LogP contribution in [0.15, 0.2) is 11.0 Å². The normalized spacial score (nSPS) is 11.5. The monoisotopic (exact) mass is 254 g/mol. The van der Waals surface area contributed by atoms with Gasteiger partial charge < -0.3 is 5.11 Å². The summed E-state index contributed by atoms with van der Waals surface area (Å²) in [5.41, 5.74) is -1.97. The number of carboxylic acids is 1. The molecule has 0 spiro atoms. The lowest BCUT2D eigenvalue weighted by Gasteiger charge is -2.06. The molecule has 0 saturated carbocycles. The van der Waals surface area contributed by atoms with Crippen LogP contribution in [-0.4, -0.2) is 19.5 Å². The molecular weight excluding hydrogens is 249 g/mol. The molecule has 0 aliphatic heterocycles. The molecule has 0 fully saturated rings. The number of rotatable bonds is 2. The minimum atomic E-state index is -5.43. The number of carbonyl (C=O) groups is 1. The number of aromatic carboxylic acids is 1. The van der Waals surface area contributed by atoms with Crippen molar-refractivity contribution in [3.05, 3.63) is 28.8 Å². The van der Waals surface area contributed by atoms with Crippen molar-refractivity contribution in [3.8, 4) is 0 Å². The van der Waals surface area contributed by atoms with Crippen molar-refractivity contribution in [2.24, 2.45) is 0 Å². The summed E-state index contributed by atoms with van der Waals surface area (Å²) < 4.78 is 59.9. The summed E-state index contributed by atoms with van der Waals surface area (Å²) in [6, 6.07) is 0.395. The zero-order valence-electron chi connectivity index (χ0n) is 7.79. The second-order valence-electron chi connectivity index (χ2n) is 2.94. The lowest BCUT2D eigenvalue weighted by molar-refractivity contribution is 0.0685. The van der Waals surface area contributed by atoms with E-state index in [1.807, 2.05) is 0 Å². The van der Waals surface area contributed by atoms with Gasteiger partial charge in [0.15, 0.2) is 5.82 Å². The number of hydrogen-bond acceptors (Lipinski definition) is 3. The summed E-state index contributed by atoms with van der Waals surface area (Å²) in [5, 5.41) is 8.46. The molecule has 4 nitrogen and oxygen atoms in total. The Hall–Kier alpha value is -1.57. The van der Waals surface area contributed by atoms with Gasteiger partial charge in [0.1, 0.15) is 16.3 Å². The molecule has 8 heteroatoms. The third kappa shape index (κ3) is 2.01. The molecule has 0 heterocycles. The molecular formula is C8H5F3O4S. The lowest BCUT2D eigenvalue weighted by atomic mass is 10.1. The first-order valence-corrected chi connectivity index (χ1v) is 5.21. The third-order valence-corrected chi connectivity index (χ3v) is 2.65. The van der Waals surface area contributed by atoms with Crippen LogP contribution in [-0.2, 0) is 10.2 Å². The quantitative estimate of drug-likeness (QED) is 0.814. The lowest BCUT2D eigenvalue weighted by Crippen LogP contribution is -2.10. The Morgan fingerprint density at radius 2 is 1.81 bits per heavy atom. The van der Waals surface area contributed by atoms with Gasteiger partial charge in [-0.15, -0.1) is 3.89 Å². The van der Waals surface area contributed by atoms with Crippen LogP contribution in [0.3, 0.4) is 0 Å². The van der Waals surface area contributed by atoms with Crippen molar-refractivity contribution < 1.29 is 31.0 Å². The second-order valence-corrected chi connectivity index (χ2v) is 4.25. The molecule has 1 aromatic carbocycles. The summed E-state index contributed by atoms with van der Waals surface area (Å²) in [5.74, 6) is -5.39. The molecule has 1 rings (SSSR count). The smallest absolute Gasteiger partial charge is 0.341 e. The molecule has 16 heavy (non-hydrogen) atoms. The Balaban J connectivity index is 3.78. The van der Waals surface area contributed by atoms with Crippen LogP contribution in [0, 0.1) is 18.6 Å². The number of halogens is 3. The van der Waals surface area contributed by atoms with E-state index in [-0.39, 0.29) is 0 Å². The summed E-state index contributed by atoms with van der Waals surface area (Å²) >= 11 is 0. The SMILES string of the molecule is Cc1cc(S(=O)(=O)F)c(F)c(C(=O)O)c1F. The van der Waals surface area contributed by atoms with Crippen molar-refractivity contribution >= 4 is 16.2 Å². The number of hydrogen-bond donors (Lipinski definition) is 1. The van der Waals surface area contributed by atoms with E-state index in [4.69, 9.17) is 5.11 Å². The van der Waals surface area contributed by atoms with Crippen LogP contribution < -0.4 is 0 Å². The first-order valence-electron chi connectivity index (χ1n) is 3.82. The molecule has 0 aromatic heterocycles. The van der Waals surface area contributed by atoms with Gasteiger partial charge in [-0.2, -0.15) is 8.42 Å². The van der Waals surface area contributed by atoms with E-state index in [1.165, 1.54) is 0 Å². The van der Waals surface area contributed by atoms with Crippen LogP contribution in [0.5, 0.6) is 0 Å². The van der Waals surface area contributed by atoms with E-state index in [9.17, 15) is 25.9 Å². The van der Waals surface area contributed by atoms with Crippen LogP contribution in [0.1, 0.15) is 15.9 Å². The van der Waals surface area contributed by atoms with Crippen molar-refractivity contribution in [2.45, 2.75) is 11.8 Å². The van der Waals surface area contributed by atoms with Gasteiger partial charge in [0.05, 0.1) is 0 Å². The average molecular weight is 254 g/mol. The van der Waals surface area contributed by atoms with Crippen LogP contribution in [0.2, 0.25) is 0 Å². The maximum absolute atomic E-state index is 13.2. The van der Waals surface area contributed by atoms with Gasteiger partial charge in [0.2, 0.25) is 0 Å². The van der Waals surface area contributed by atoms with Crippen LogP contribution in [0.25, 0.3) is 0 Å². The van der Waals surface area contributed by atoms with Crippen molar-refractivity contribution in [2.75, 3.05) is 0 Å². The molecule has 88 valence electrons. The van der Waals surface area contributed by atoms with Gasteiger partial charge >= 0.3 is 16.2 Å². The van der Waals surface area contributed by atoms with E-state index in [2.05, 4.69) is 0 Å². The van der Waals surface area contributed by atoms with E-state index >= 15 is 0 Å². The van der Waals surface area contributed by atoms with Crippen LogP contribution in [0.4, 0.5) is 12.7 Å². The zero-order chi connectivity index (χ0) is 12.7. The number of carboxylic acid groups (broad SMARTS) is 1. The van der Waals surface area contributed by atoms with E-state index in [0.717, 1.165) is 6.92 Å². The Morgan fingerprint density at radius 1 is 1.31 bits per heavy atom. The second kappa shape index (κ2) is 3.78. The molecule has 0 saturated heterocycles. The largest absolute Gasteiger partial charge is 0.477 e. The van der Waals surface area contributed by atoms with Crippen molar-refractivity contribution in [1.82, 2.24) is 0 Å². The highest BCUT2D eigenvalue weighted by Crippen LogP contribution is 2.25. The third-order valence-electron chi connectivity index (χ3n) is 1.83. The predicted octanol–water partition coefficient (Wildman–Crippen LogP) is 1.63. The molecule has 0 aliphatic rings. The Labute approximate surface area is 88.5 Å². The summed E-state index contributed by atoms with van der Waals surface area (Å²) in [7, 11) is -5.43. The van der Waals surface area contributed by atoms with E-state index < -0.39 is 43.8 Å². The van der Waals surface area contributed by atoms with Gasteiger partial charge in [-0.05, 0) is 18.6 Å². The number of aryl methyl sites for hydroxylation is 1. The highest BCUT2D eigenvalue weighted by atomic mass is 32.3. The van der Waals surface area contributed by atoms with Gasteiger partial charge in [0, 0.05) is 0 Å². The first kappa shape index (κ1) is 12.5. The molecule has 0 amide bonds. The fourth-order valence-electron chi connectivity index (χ4n) is 1.11. The zero-order valence-corrected chi connectivity index (χ0v) is 8.61. The predicted molar refractivity (Wildman–Crippen MR) is 46.3 cm³/mol. The summed E-state index contributed by atoms with van der Waals surface area (Å²) in [6.07, 6.45) is 0. The summed E-state index contributed by atoms with van der Waals surface area (Å²) in [6.45, 7) is 0.996. The molecule has 0 bridgehead atoms. The maximum atomic E-state index is 13.2. The minimum Gasteiger partial charge on any atom is -0.477 e. The molecule has 0 radical (unpaired) electrons. The Bertz CT molecular complexity index is 565. The van der Waals surface area contributed by atoms with Gasteiger partial charge in [-0.1, -0.05) is 0 Å². The average Bonchev–Trinajstić information content (AvgIpc) is 2.09. The topological polar surface area (TPSA) is 71.4 Å². The fourth-order valence-corrected chi connectivity index (χ4v) is 1.74. The molecule has 0 atom stereocenters. The Morgan fingerprint density at radius 3 is 2.19 bits per heavy atom. The van der Waals surface area contributed by atoms with E-state index in [0.29, 0.717) is 6.07 Å². The fraction of sp³-hybridized carbons (Fsp3) is 0.125.